The normalized spacial score (nSPS) is 10.9. The van der Waals surface area contributed by atoms with Gasteiger partial charge in [0.15, 0.2) is 5.16 Å². The van der Waals surface area contributed by atoms with Gasteiger partial charge in [0.1, 0.15) is 12.9 Å². The van der Waals surface area contributed by atoms with Gasteiger partial charge in [-0.25, -0.2) is 9.97 Å². The molecule has 0 saturated heterocycles. The zero-order valence-electron chi connectivity index (χ0n) is 20.4. The predicted molar refractivity (Wildman–Crippen MR) is 137 cm³/mol. The molecular weight excluding hydrogens is 462 g/mol. The summed E-state index contributed by atoms with van der Waals surface area (Å²) in [7, 11) is 0. The number of hydrogen-bond donors (Lipinski definition) is 1. The first-order valence-corrected chi connectivity index (χ1v) is 12.9. The predicted octanol–water partition coefficient (Wildman–Crippen LogP) is 3.55. The molecule has 0 spiro atoms. The van der Waals surface area contributed by atoms with Gasteiger partial charge < -0.3 is 14.6 Å². The lowest BCUT2D eigenvalue weighted by Crippen LogP contribution is -2.31. The summed E-state index contributed by atoms with van der Waals surface area (Å²) >= 11 is 1.44. The van der Waals surface area contributed by atoms with Crippen molar-refractivity contribution in [3.8, 4) is 0 Å². The number of thioether (sulfide) groups is 1. The van der Waals surface area contributed by atoms with Crippen molar-refractivity contribution in [1.82, 2.24) is 24.8 Å². The van der Waals surface area contributed by atoms with Crippen LogP contribution in [0.15, 0.2) is 59.1 Å². The molecule has 2 heterocycles. The third kappa shape index (κ3) is 9.26. The van der Waals surface area contributed by atoms with E-state index < -0.39 is 0 Å². The first-order chi connectivity index (χ1) is 17.0. The maximum absolute atomic E-state index is 12.8. The Bertz CT molecular complexity index is 1120. The Morgan fingerprint density at radius 3 is 2.57 bits per heavy atom. The van der Waals surface area contributed by atoms with Crippen LogP contribution in [0.4, 0.5) is 0 Å². The van der Waals surface area contributed by atoms with E-state index in [9.17, 15) is 9.59 Å². The van der Waals surface area contributed by atoms with E-state index in [1.54, 1.807) is 23.2 Å². The second-order valence-electron chi connectivity index (χ2n) is 8.35. The zero-order chi connectivity index (χ0) is 24.9. The Hall–Kier alpha value is -3.04. The number of amides is 1. The summed E-state index contributed by atoms with van der Waals surface area (Å²) in [6.45, 7) is 6.17. The lowest BCUT2D eigenvalue weighted by Gasteiger charge is -2.14. The van der Waals surface area contributed by atoms with Crippen molar-refractivity contribution < 1.29 is 9.53 Å². The van der Waals surface area contributed by atoms with Gasteiger partial charge in [0, 0.05) is 56.1 Å². The smallest absolute Gasteiger partial charge is 0.277 e. The van der Waals surface area contributed by atoms with Gasteiger partial charge in [-0.15, -0.1) is 0 Å². The fourth-order valence-electron chi connectivity index (χ4n) is 3.31. The summed E-state index contributed by atoms with van der Waals surface area (Å²) in [6, 6.07) is 8.23. The number of carbonyl (C=O) groups excluding carboxylic acids is 1. The molecule has 1 N–H and O–H groups in total. The van der Waals surface area contributed by atoms with Crippen LogP contribution < -0.4 is 10.9 Å². The monoisotopic (exact) mass is 495 g/mol. The number of ether oxygens (including phenoxy) is 1. The van der Waals surface area contributed by atoms with Crippen molar-refractivity contribution in [2.45, 2.75) is 57.0 Å². The molecule has 0 unspecified atom stereocenters. The van der Waals surface area contributed by atoms with Gasteiger partial charge in [-0.05, 0) is 30.9 Å². The van der Waals surface area contributed by atoms with Crippen molar-refractivity contribution in [2.24, 2.45) is 0 Å². The first kappa shape index (κ1) is 26.6. The van der Waals surface area contributed by atoms with Crippen molar-refractivity contribution in [3.05, 3.63) is 81.8 Å². The van der Waals surface area contributed by atoms with E-state index in [1.807, 2.05) is 6.92 Å². The fraction of sp³-hybridized carbons (Fsp3) is 0.423. The number of hydrogen-bond acceptors (Lipinski definition) is 7. The SMILES string of the molecule is CCCCOCCCNC(=O)Cn1cc(Cc2cncnc2)c(=O)nc1SCc1ccc(C)cc1. The van der Waals surface area contributed by atoms with E-state index >= 15 is 0 Å². The molecule has 3 aromatic rings. The van der Waals surface area contributed by atoms with Crippen LogP contribution in [0, 0.1) is 6.92 Å². The molecule has 186 valence electrons. The van der Waals surface area contributed by atoms with Crippen LogP contribution >= 0.6 is 11.8 Å². The highest BCUT2D eigenvalue weighted by Crippen LogP contribution is 2.21. The van der Waals surface area contributed by atoms with Crippen LogP contribution in [0.5, 0.6) is 0 Å². The lowest BCUT2D eigenvalue weighted by atomic mass is 10.1. The highest BCUT2D eigenvalue weighted by atomic mass is 32.2. The Labute approximate surface area is 210 Å². The Morgan fingerprint density at radius 2 is 1.83 bits per heavy atom. The summed E-state index contributed by atoms with van der Waals surface area (Å²) in [6.07, 6.45) is 9.79. The first-order valence-electron chi connectivity index (χ1n) is 11.9. The van der Waals surface area contributed by atoms with Gasteiger partial charge in [-0.1, -0.05) is 54.9 Å². The van der Waals surface area contributed by atoms with E-state index in [-0.39, 0.29) is 18.0 Å². The Kier molecular flexibility index (Phi) is 10.9. The molecular formula is C26H33N5O3S. The number of unbranched alkanes of at least 4 members (excludes halogenated alkanes) is 1. The van der Waals surface area contributed by atoms with Crippen molar-refractivity contribution >= 4 is 17.7 Å². The number of aromatic nitrogens is 4. The molecule has 35 heavy (non-hydrogen) atoms. The molecule has 9 heteroatoms. The molecule has 8 nitrogen and oxygen atoms in total. The summed E-state index contributed by atoms with van der Waals surface area (Å²) in [5.41, 5.74) is 3.32. The van der Waals surface area contributed by atoms with E-state index in [0.717, 1.165) is 37.0 Å². The van der Waals surface area contributed by atoms with Gasteiger partial charge >= 0.3 is 0 Å². The number of carbonyl (C=O) groups is 1. The van der Waals surface area contributed by atoms with Gasteiger partial charge in [-0.3, -0.25) is 9.59 Å². The van der Waals surface area contributed by atoms with Crippen LogP contribution in [-0.4, -0.2) is 45.2 Å². The highest BCUT2D eigenvalue weighted by Gasteiger charge is 2.13. The second kappa shape index (κ2) is 14.4. The zero-order valence-corrected chi connectivity index (χ0v) is 21.2. The molecule has 1 aromatic carbocycles. The van der Waals surface area contributed by atoms with E-state index in [1.165, 1.54) is 23.7 Å². The largest absolute Gasteiger partial charge is 0.381 e. The van der Waals surface area contributed by atoms with Crippen molar-refractivity contribution in [1.29, 1.82) is 0 Å². The van der Waals surface area contributed by atoms with E-state index in [4.69, 9.17) is 4.74 Å². The minimum absolute atomic E-state index is 0.0818. The summed E-state index contributed by atoms with van der Waals surface area (Å²) in [5, 5.41) is 3.45. The summed E-state index contributed by atoms with van der Waals surface area (Å²) < 4.78 is 7.30. The minimum Gasteiger partial charge on any atom is -0.381 e. The molecule has 0 atom stereocenters. The molecule has 0 fully saturated rings. The number of rotatable bonds is 14. The Balaban J connectivity index is 1.68. The lowest BCUT2D eigenvalue weighted by molar-refractivity contribution is -0.121. The van der Waals surface area contributed by atoms with Crippen LogP contribution in [-0.2, 0) is 28.2 Å². The molecule has 0 bridgehead atoms. The number of nitrogens with zero attached hydrogens (tertiary/aromatic N) is 4. The van der Waals surface area contributed by atoms with Gasteiger partial charge in [0.05, 0.1) is 0 Å². The molecule has 0 radical (unpaired) electrons. The highest BCUT2D eigenvalue weighted by molar-refractivity contribution is 7.98. The van der Waals surface area contributed by atoms with E-state index in [0.29, 0.717) is 36.0 Å². The quantitative estimate of drug-likeness (QED) is 0.207. The molecule has 0 aliphatic heterocycles. The molecule has 1 amide bonds. The van der Waals surface area contributed by atoms with Crippen LogP contribution in [0.3, 0.4) is 0 Å². The molecule has 0 aliphatic carbocycles. The molecule has 3 rings (SSSR count). The van der Waals surface area contributed by atoms with E-state index in [2.05, 4.69) is 51.5 Å². The van der Waals surface area contributed by atoms with Crippen LogP contribution in [0.2, 0.25) is 0 Å². The minimum atomic E-state index is -0.304. The third-order valence-corrected chi connectivity index (χ3v) is 6.33. The number of nitrogens with one attached hydrogen (secondary N) is 1. The van der Waals surface area contributed by atoms with Crippen molar-refractivity contribution in [3.63, 3.8) is 0 Å². The van der Waals surface area contributed by atoms with Gasteiger partial charge in [0.25, 0.3) is 5.56 Å². The van der Waals surface area contributed by atoms with Gasteiger partial charge in [0.2, 0.25) is 5.91 Å². The fourth-order valence-corrected chi connectivity index (χ4v) is 4.22. The standard InChI is InChI=1S/C26H33N5O3S/c1-3-4-11-34-12-5-10-29-24(32)17-31-16-23(13-22-14-27-19-28-15-22)25(33)30-26(31)35-18-21-8-6-20(2)7-9-21/h6-9,14-16,19H,3-5,10-13,17-18H2,1-2H3,(H,29,32). The van der Waals surface area contributed by atoms with Gasteiger partial charge in [-0.2, -0.15) is 4.98 Å². The maximum Gasteiger partial charge on any atom is 0.277 e. The third-order valence-electron chi connectivity index (χ3n) is 5.27. The van der Waals surface area contributed by atoms with Crippen LogP contribution in [0.25, 0.3) is 0 Å². The van der Waals surface area contributed by atoms with Crippen molar-refractivity contribution in [2.75, 3.05) is 19.8 Å². The average Bonchev–Trinajstić information content (AvgIpc) is 2.86. The number of aryl methyl sites for hydroxylation is 1. The molecule has 0 aliphatic rings. The van der Waals surface area contributed by atoms with Crippen LogP contribution in [0.1, 0.15) is 48.4 Å². The average molecular weight is 496 g/mol. The second-order valence-corrected chi connectivity index (χ2v) is 9.29. The maximum atomic E-state index is 12.8. The number of benzene rings is 1. The molecule has 0 saturated carbocycles. The topological polar surface area (TPSA) is 99.0 Å². The summed E-state index contributed by atoms with van der Waals surface area (Å²) in [4.78, 5) is 37.8. The molecule has 2 aromatic heterocycles. The Morgan fingerprint density at radius 1 is 1.09 bits per heavy atom. The summed E-state index contributed by atoms with van der Waals surface area (Å²) in [5.74, 6) is 0.519.